The quantitative estimate of drug-likeness (QED) is 0.452. The molecule has 4 heterocycles. The van der Waals surface area contributed by atoms with Crippen molar-refractivity contribution >= 4 is 43.3 Å². The van der Waals surface area contributed by atoms with Crippen LogP contribution in [0.5, 0.6) is 0 Å². The van der Waals surface area contributed by atoms with E-state index < -0.39 is 0 Å². The molecule has 8 nitrogen and oxygen atoms in total. The van der Waals surface area contributed by atoms with E-state index in [4.69, 9.17) is 4.42 Å². The summed E-state index contributed by atoms with van der Waals surface area (Å²) in [5, 5.41) is 6.17. The number of thiophene rings is 1. The highest BCUT2D eigenvalue weighted by atomic mass is 32.1. The van der Waals surface area contributed by atoms with E-state index in [0.29, 0.717) is 56.7 Å². The predicted octanol–water partition coefficient (Wildman–Crippen LogP) is 3.28. The number of piperazine rings is 1. The van der Waals surface area contributed by atoms with Gasteiger partial charge in [-0.25, -0.2) is 4.68 Å². The van der Waals surface area contributed by atoms with E-state index in [1.807, 2.05) is 31.2 Å². The molecule has 0 saturated carbocycles. The van der Waals surface area contributed by atoms with Gasteiger partial charge in [0.15, 0.2) is 5.76 Å². The molecule has 0 N–H and O–H groups in total. The monoisotopic (exact) mass is 464 g/mol. The number of amides is 2. The number of hydrogen-bond donors (Lipinski definition) is 0. The minimum Gasteiger partial charge on any atom is -0.459 e. The molecular weight excluding hydrogens is 440 g/mol. The molecule has 2 amide bonds. The highest BCUT2D eigenvalue weighted by Crippen LogP contribution is 2.32. The number of carbonyl (C=O) groups excluding carboxylic acids is 2. The van der Waals surface area contributed by atoms with Gasteiger partial charge in [0, 0.05) is 49.2 Å². The summed E-state index contributed by atoms with van der Waals surface area (Å²) in [5.74, 6) is 0.203. The van der Waals surface area contributed by atoms with Crippen LogP contribution in [-0.4, -0.2) is 57.6 Å². The molecule has 0 bridgehead atoms. The summed E-state index contributed by atoms with van der Waals surface area (Å²) in [4.78, 5) is 41.6. The highest BCUT2D eigenvalue weighted by molar-refractivity contribution is 7.26. The fraction of sp³-hybridized carbons (Fsp3) is 0.333. The molecule has 33 heavy (non-hydrogen) atoms. The van der Waals surface area contributed by atoms with E-state index in [9.17, 15) is 14.4 Å². The number of hydrogen-bond acceptors (Lipinski definition) is 6. The molecule has 1 fully saturated rings. The molecule has 4 aromatic rings. The third kappa shape index (κ3) is 4.04. The van der Waals surface area contributed by atoms with Crippen LogP contribution in [0.25, 0.3) is 20.2 Å². The van der Waals surface area contributed by atoms with Gasteiger partial charge in [-0.05, 0) is 31.5 Å². The van der Waals surface area contributed by atoms with E-state index in [1.165, 1.54) is 10.9 Å². The van der Waals surface area contributed by atoms with E-state index in [1.54, 1.807) is 33.3 Å². The normalized spacial score (nSPS) is 14.3. The fourth-order valence-electron chi connectivity index (χ4n) is 4.32. The number of nitrogens with zero attached hydrogens (tertiary/aromatic N) is 4. The molecule has 3 aromatic heterocycles. The minimum atomic E-state index is -0.149. The van der Waals surface area contributed by atoms with Crippen molar-refractivity contribution in [2.24, 2.45) is 0 Å². The molecule has 0 radical (unpaired) electrons. The lowest BCUT2D eigenvalue weighted by atomic mass is 10.2. The molecule has 9 heteroatoms. The van der Waals surface area contributed by atoms with E-state index in [2.05, 4.69) is 5.10 Å². The zero-order valence-electron chi connectivity index (χ0n) is 18.3. The second-order valence-corrected chi connectivity index (χ2v) is 9.22. The third-order valence-corrected chi connectivity index (χ3v) is 7.33. The number of benzene rings is 1. The molecule has 0 spiro atoms. The zero-order chi connectivity index (χ0) is 22.9. The van der Waals surface area contributed by atoms with Gasteiger partial charge in [-0.1, -0.05) is 18.2 Å². The Morgan fingerprint density at radius 2 is 1.82 bits per heavy atom. The van der Waals surface area contributed by atoms with Gasteiger partial charge >= 0.3 is 0 Å². The van der Waals surface area contributed by atoms with E-state index in [-0.39, 0.29) is 17.4 Å². The number of furan rings is 1. The second kappa shape index (κ2) is 8.82. The molecule has 5 rings (SSSR count). The Labute approximate surface area is 194 Å². The van der Waals surface area contributed by atoms with Gasteiger partial charge in [-0.2, -0.15) is 5.10 Å². The lowest BCUT2D eigenvalue weighted by molar-refractivity contribution is -0.132. The Morgan fingerprint density at radius 3 is 2.58 bits per heavy atom. The summed E-state index contributed by atoms with van der Waals surface area (Å²) in [7, 11) is 0. The van der Waals surface area contributed by atoms with Crippen LogP contribution in [0.1, 0.15) is 29.1 Å². The Bertz CT molecular complexity index is 1380. The molecule has 0 aliphatic carbocycles. The molecule has 170 valence electrons. The SMILES string of the molecule is Cc1nn(CCCC(=O)N2CCN(C(=O)c3ccco3)CC2)c(=O)c2c1sc1ccccc12. The lowest BCUT2D eigenvalue weighted by Crippen LogP contribution is -2.50. The largest absolute Gasteiger partial charge is 0.459 e. The minimum absolute atomic E-state index is 0.0342. The number of aryl methyl sites for hydroxylation is 2. The molecule has 0 atom stereocenters. The Morgan fingerprint density at radius 1 is 1.06 bits per heavy atom. The van der Waals surface area contributed by atoms with Crippen LogP contribution in [-0.2, 0) is 11.3 Å². The predicted molar refractivity (Wildman–Crippen MR) is 127 cm³/mol. The van der Waals surface area contributed by atoms with Gasteiger partial charge in [0.05, 0.1) is 22.0 Å². The summed E-state index contributed by atoms with van der Waals surface area (Å²) in [6, 6.07) is 11.2. The van der Waals surface area contributed by atoms with Gasteiger partial charge in [0.2, 0.25) is 5.91 Å². The van der Waals surface area contributed by atoms with Crippen LogP contribution in [0.15, 0.2) is 51.9 Å². The van der Waals surface area contributed by atoms with Crippen LogP contribution >= 0.6 is 11.3 Å². The topological polar surface area (TPSA) is 88.7 Å². The first-order valence-corrected chi connectivity index (χ1v) is 11.8. The summed E-state index contributed by atoms with van der Waals surface area (Å²) >= 11 is 1.59. The number of carbonyl (C=O) groups is 2. The summed E-state index contributed by atoms with van der Waals surface area (Å²) in [5.41, 5.74) is 0.722. The van der Waals surface area contributed by atoms with Crippen LogP contribution < -0.4 is 5.56 Å². The van der Waals surface area contributed by atoms with Crippen LogP contribution in [0.3, 0.4) is 0 Å². The molecule has 1 aromatic carbocycles. The molecule has 1 saturated heterocycles. The van der Waals surface area contributed by atoms with Crippen LogP contribution in [0.4, 0.5) is 0 Å². The maximum absolute atomic E-state index is 13.1. The van der Waals surface area contributed by atoms with Crippen molar-refractivity contribution in [2.45, 2.75) is 26.3 Å². The van der Waals surface area contributed by atoms with Gasteiger partial charge in [-0.15, -0.1) is 11.3 Å². The molecule has 1 aliphatic rings. The van der Waals surface area contributed by atoms with Crippen molar-refractivity contribution in [1.82, 2.24) is 19.6 Å². The van der Waals surface area contributed by atoms with Gasteiger partial charge in [0.1, 0.15) is 0 Å². The maximum atomic E-state index is 13.1. The summed E-state index contributed by atoms with van der Waals surface area (Å²) < 4.78 is 8.67. The smallest absolute Gasteiger partial charge is 0.289 e. The van der Waals surface area contributed by atoms with Gasteiger partial charge in [-0.3, -0.25) is 14.4 Å². The van der Waals surface area contributed by atoms with Gasteiger partial charge < -0.3 is 14.2 Å². The average molecular weight is 465 g/mol. The highest BCUT2D eigenvalue weighted by Gasteiger charge is 2.26. The Kier molecular flexibility index (Phi) is 5.72. The fourth-order valence-corrected chi connectivity index (χ4v) is 5.45. The van der Waals surface area contributed by atoms with Crippen LogP contribution in [0.2, 0.25) is 0 Å². The van der Waals surface area contributed by atoms with Crippen molar-refractivity contribution in [1.29, 1.82) is 0 Å². The standard InChI is InChI=1S/C24H24N4O4S/c1-16-22-21(17-6-2-3-8-19(17)33-22)24(31)28(25-16)10-4-9-20(29)26-11-13-27(14-12-26)23(30)18-7-5-15-32-18/h2-3,5-8,15H,4,9-14H2,1H3. The van der Waals surface area contributed by atoms with Crippen molar-refractivity contribution in [3.8, 4) is 0 Å². The number of aromatic nitrogens is 2. The van der Waals surface area contributed by atoms with Crippen molar-refractivity contribution in [3.05, 3.63) is 64.5 Å². The summed E-state index contributed by atoms with van der Waals surface area (Å²) in [6.07, 6.45) is 2.35. The Hall–Kier alpha value is -3.46. The van der Waals surface area contributed by atoms with Crippen molar-refractivity contribution in [3.63, 3.8) is 0 Å². The lowest BCUT2D eigenvalue weighted by Gasteiger charge is -2.34. The summed E-state index contributed by atoms with van der Waals surface area (Å²) in [6.45, 7) is 4.26. The molecule has 1 aliphatic heterocycles. The second-order valence-electron chi connectivity index (χ2n) is 8.17. The zero-order valence-corrected chi connectivity index (χ0v) is 19.1. The maximum Gasteiger partial charge on any atom is 0.289 e. The number of rotatable bonds is 5. The Balaban J connectivity index is 1.20. The molecular formula is C24H24N4O4S. The van der Waals surface area contributed by atoms with Crippen molar-refractivity contribution < 1.29 is 14.0 Å². The first-order chi connectivity index (χ1) is 16.0. The van der Waals surface area contributed by atoms with E-state index in [0.717, 1.165) is 20.5 Å². The van der Waals surface area contributed by atoms with Gasteiger partial charge in [0.25, 0.3) is 11.5 Å². The number of fused-ring (bicyclic) bond motifs is 3. The van der Waals surface area contributed by atoms with Crippen molar-refractivity contribution in [2.75, 3.05) is 26.2 Å². The van der Waals surface area contributed by atoms with Crippen LogP contribution in [0, 0.1) is 6.92 Å². The first kappa shape index (κ1) is 21.4. The first-order valence-electron chi connectivity index (χ1n) is 11.0. The average Bonchev–Trinajstić information content (AvgIpc) is 3.50. The van der Waals surface area contributed by atoms with E-state index >= 15 is 0 Å². The third-order valence-electron chi connectivity index (χ3n) is 6.06. The molecule has 0 unspecified atom stereocenters.